The minimum absolute atomic E-state index is 0.210. The first-order valence-corrected chi connectivity index (χ1v) is 7.46. The molecule has 1 aromatic heterocycles. The molecule has 116 valence electrons. The topological polar surface area (TPSA) is 45.7 Å². The van der Waals surface area contributed by atoms with Gasteiger partial charge in [-0.15, -0.1) is 0 Å². The van der Waals surface area contributed by atoms with Crippen molar-refractivity contribution >= 4 is 6.09 Å². The Morgan fingerprint density at radius 1 is 1.33 bits per heavy atom. The predicted molar refractivity (Wildman–Crippen MR) is 81.9 cm³/mol. The van der Waals surface area contributed by atoms with Crippen molar-refractivity contribution < 1.29 is 9.53 Å². The smallest absolute Gasteiger partial charge is 0.410 e. The summed E-state index contributed by atoms with van der Waals surface area (Å²) in [5, 5.41) is 0. The van der Waals surface area contributed by atoms with Crippen LogP contribution < -0.4 is 0 Å². The molecule has 1 saturated heterocycles. The van der Waals surface area contributed by atoms with Gasteiger partial charge in [-0.1, -0.05) is 0 Å². The molecule has 1 aromatic rings. The molecule has 0 radical (unpaired) electrons. The number of ether oxygens (including phenoxy) is 1. The number of carbonyl (C=O) groups is 1. The molecule has 1 unspecified atom stereocenters. The highest BCUT2D eigenvalue weighted by Gasteiger charge is 2.29. The first-order chi connectivity index (χ1) is 9.85. The maximum absolute atomic E-state index is 12.1. The van der Waals surface area contributed by atoms with Gasteiger partial charge in [0.25, 0.3) is 0 Å². The quantitative estimate of drug-likeness (QED) is 0.840. The Kier molecular flexibility index (Phi) is 4.83. The van der Waals surface area contributed by atoms with E-state index in [1.54, 1.807) is 4.90 Å². The zero-order valence-corrected chi connectivity index (χ0v) is 13.4. The molecule has 21 heavy (non-hydrogen) atoms. The Hall–Kier alpha value is -1.62. The van der Waals surface area contributed by atoms with Crippen LogP contribution in [-0.4, -0.2) is 52.2 Å². The SMILES string of the molecule is CC1CN(C(=O)OC(C)(C)C)CCN1Cc1ccncc1. The summed E-state index contributed by atoms with van der Waals surface area (Å²) in [6.07, 6.45) is 3.42. The lowest BCUT2D eigenvalue weighted by Crippen LogP contribution is -2.54. The lowest BCUT2D eigenvalue weighted by Gasteiger charge is -2.40. The number of hydrogen-bond acceptors (Lipinski definition) is 4. The van der Waals surface area contributed by atoms with Gasteiger partial charge in [0.1, 0.15) is 5.60 Å². The number of rotatable bonds is 2. The molecule has 0 spiro atoms. The van der Waals surface area contributed by atoms with Crippen LogP contribution in [0.15, 0.2) is 24.5 Å². The standard InChI is InChI=1S/C16H25N3O2/c1-13-11-19(15(20)21-16(2,3)4)10-9-18(13)12-14-5-7-17-8-6-14/h5-8,13H,9-12H2,1-4H3. The molecule has 0 bridgehead atoms. The van der Waals surface area contributed by atoms with E-state index in [0.717, 1.165) is 13.1 Å². The van der Waals surface area contributed by atoms with Crippen LogP contribution in [0.3, 0.4) is 0 Å². The highest BCUT2D eigenvalue weighted by molar-refractivity contribution is 5.68. The maximum Gasteiger partial charge on any atom is 0.410 e. The third-order valence-corrected chi connectivity index (χ3v) is 3.55. The van der Waals surface area contributed by atoms with E-state index in [1.807, 2.05) is 45.3 Å². The number of hydrogen-bond donors (Lipinski definition) is 0. The van der Waals surface area contributed by atoms with Crippen molar-refractivity contribution in [2.45, 2.75) is 45.9 Å². The molecule has 1 atom stereocenters. The minimum Gasteiger partial charge on any atom is -0.444 e. The van der Waals surface area contributed by atoms with Crippen molar-refractivity contribution in [3.8, 4) is 0 Å². The Morgan fingerprint density at radius 2 is 2.00 bits per heavy atom. The molecule has 1 aliphatic heterocycles. The van der Waals surface area contributed by atoms with Gasteiger partial charge in [-0.3, -0.25) is 9.88 Å². The van der Waals surface area contributed by atoms with Crippen LogP contribution in [0.5, 0.6) is 0 Å². The van der Waals surface area contributed by atoms with Crippen LogP contribution in [0.1, 0.15) is 33.3 Å². The predicted octanol–water partition coefficient (Wildman–Crippen LogP) is 2.52. The van der Waals surface area contributed by atoms with Gasteiger partial charge in [0.05, 0.1) is 0 Å². The van der Waals surface area contributed by atoms with Crippen molar-refractivity contribution in [1.29, 1.82) is 0 Å². The van der Waals surface area contributed by atoms with Crippen LogP contribution in [0.4, 0.5) is 4.79 Å². The van der Waals surface area contributed by atoms with Crippen LogP contribution in [0.2, 0.25) is 0 Å². The maximum atomic E-state index is 12.1. The summed E-state index contributed by atoms with van der Waals surface area (Å²) in [5.74, 6) is 0. The highest BCUT2D eigenvalue weighted by atomic mass is 16.6. The van der Waals surface area contributed by atoms with Gasteiger partial charge in [0, 0.05) is 44.6 Å². The Morgan fingerprint density at radius 3 is 2.57 bits per heavy atom. The highest BCUT2D eigenvalue weighted by Crippen LogP contribution is 2.16. The summed E-state index contributed by atoms with van der Waals surface area (Å²) < 4.78 is 5.44. The average Bonchev–Trinajstić information content (AvgIpc) is 2.40. The summed E-state index contributed by atoms with van der Waals surface area (Å²) in [6, 6.07) is 4.39. The summed E-state index contributed by atoms with van der Waals surface area (Å²) >= 11 is 0. The van der Waals surface area contributed by atoms with E-state index >= 15 is 0 Å². The Balaban J connectivity index is 1.89. The van der Waals surface area contributed by atoms with Crippen molar-refractivity contribution in [3.63, 3.8) is 0 Å². The van der Waals surface area contributed by atoms with Gasteiger partial charge in [0.15, 0.2) is 0 Å². The normalized spacial score (nSPS) is 20.4. The molecule has 1 amide bonds. The van der Waals surface area contributed by atoms with Gasteiger partial charge in [-0.25, -0.2) is 4.79 Å². The van der Waals surface area contributed by atoms with E-state index < -0.39 is 5.60 Å². The minimum atomic E-state index is -0.436. The van der Waals surface area contributed by atoms with E-state index in [2.05, 4.69) is 16.8 Å². The first kappa shape index (κ1) is 15.8. The Bertz CT molecular complexity index is 470. The zero-order valence-electron chi connectivity index (χ0n) is 13.4. The molecule has 0 N–H and O–H groups in total. The second-order valence-corrected chi connectivity index (χ2v) is 6.60. The van der Waals surface area contributed by atoms with Gasteiger partial charge in [0.2, 0.25) is 0 Å². The van der Waals surface area contributed by atoms with Crippen LogP contribution in [-0.2, 0) is 11.3 Å². The number of pyridine rings is 1. The average molecular weight is 291 g/mol. The first-order valence-electron chi connectivity index (χ1n) is 7.46. The summed E-state index contributed by atoms with van der Waals surface area (Å²) in [7, 11) is 0. The van der Waals surface area contributed by atoms with Gasteiger partial charge < -0.3 is 9.64 Å². The molecule has 0 aromatic carbocycles. The van der Waals surface area contributed by atoms with E-state index in [1.165, 1.54) is 5.56 Å². The van der Waals surface area contributed by atoms with Gasteiger partial charge in [-0.2, -0.15) is 0 Å². The van der Waals surface area contributed by atoms with Gasteiger partial charge >= 0.3 is 6.09 Å². The van der Waals surface area contributed by atoms with Crippen LogP contribution in [0, 0.1) is 0 Å². The number of nitrogens with zero attached hydrogens (tertiary/aromatic N) is 3. The molecular formula is C16H25N3O2. The monoisotopic (exact) mass is 291 g/mol. The second-order valence-electron chi connectivity index (χ2n) is 6.60. The van der Waals surface area contributed by atoms with E-state index in [0.29, 0.717) is 19.1 Å². The van der Waals surface area contributed by atoms with E-state index in [9.17, 15) is 4.79 Å². The third-order valence-electron chi connectivity index (χ3n) is 3.55. The van der Waals surface area contributed by atoms with Crippen molar-refractivity contribution in [2.24, 2.45) is 0 Å². The fourth-order valence-electron chi connectivity index (χ4n) is 2.45. The summed E-state index contributed by atoms with van der Waals surface area (Å²) in [4.78, 5) is 20.3. The molecule has 5 heteroatoms. The fourth-order valence-corrected chi connectivity index (χ4v) is 2.45. The molecule has 0 saturated carbocycles. The number of amides is 1. The number of aromatic nitrogens is 1. The number of carbonyl (C=O) groups excluding carboxylic acids is 1. The fraction of sp³-hybridized carbons (Fsp3) is 0.625. The largest absolute Gasteiger partial charge is 0.444 e. The van der Waals surface area contributed by atoms with Crippen molar-refractivity contribution in [2.75, 3.05) is 19.6 Å². The molecule has 0 aliphatic carbocycles. The van der Waals surface area contributed by atoms with Crippen LogP contribution >= 0.6 is 0 Å². The Labute approximate surface area is 126 Å². The molecule has 2 heterocycles. The second kappa shape index (κ2) is 6.43. The van der Waals surface area contributed by atoms with E-state index in [-0.39, 0.29) is 6.09 Å². The van der Waals surface area contributed by atoms with Gasteiger partial charge in [-0.05, 0) is 45.4 Å². The molecule has 1 fully saturated rings. The lowest BCUT2D eigenvalue weighted by molar-refractivity contribution is 0.00461. The summed E-state index contributed by atoms with van der Waals surface area (Å²) in [6.45, 7) is 11.0. The van der Waals surface area contributed by atoms with Crippen LogP contribution in [0.25, 0.3) is 0 Å². The third kappa shape index (κ3) is 4.70. The molecule has 5 nitrogen and oxygen atoms in total. The zero-order chi connectivity index (χ0) is 15.5. The van der Waals surface area contributed by atoms with Crippen molar-refractivity contribution in [1.82, 2.24) is 14.8 Å². The molecule has 2 rings (SSSR count). The van der Waals surface area contributed by atoms with E-state index in [4.69, 9.17) is 4.74 Å². The lowest BCUT2D eigenvalue weighted by atomic mass is 10.1. The summed E-state index contributed by atoms with van der Waals surface area (Å²) in [5.41, 5.74) is 0.816. The molecule has 1 aliphatic rings. The number of piperazine rings is 1. The molecular weight excluding hydrogens is 266 g/mol. The van der Waals surface area contributed by atoms with Crippen molar-refractivity contribution in [3.05, 3.63) is 30.1 Å².